The minimum Gasteiger partial charge on any atom is -0.478 e. The molecular formula is C13H17NO4. The zero-order valence-electron chi connectivity index (χ0n) is 10.5. The fourth-order valence-electron chi connectivity index (χ4n) is 1.45. The standard InChI is InChI=1S/C13H17NO4/c1-3-18-9(2)8-14-12(15)10-4-6-11(7-5-10)13(16)17/h4-7,9H,3,8H2,1-2H3,(H,14,15)(H,16,17). The van der Waals surface area contributed by atoms with E-state index in [0.29, 0.717) is 18.7 Å². The lowest BCUT2D eigenvalue weighted by Gasteiger charge is -2.12. The Labute approximate surface area is 106 Å². The molecule has 0 heterocycles. The van der Waals surface area contributed by atoms with Crippen molar-refractivity contribution < 1.29 is 19.4 Å². The van der Waals surface area contributed by atoms with Crippen molar-refractivity contribution in [1.82, 2.24) is 5.32 Å². The van der Waals surface area contributed by atoms with Gasteiger partial charge in [0.25, 0.3) is 5.91 Å². The largest absolute Gasteiger partial charge is 0.478 e. The Hall–Kier alpha value is -1.88. The van der Waals surface area contributed by atoms with Crippen molar-refractivity contribution >= 4 is 11.9 Å². The van der Waals surface area contributed by atoms with Crippen LogP contribution >= 0.6 is 0 Å². The van der Waals surface area contributed by atoms with Crippen molar-refractivity contribution in [2.75, 3.05) is 13.2 Å². The highest BCUT2D eigenvalue weighted by Gasteiger charge is 2.09. The van der Waals surface area contributed by atoms with Crippen LogP contribution < -0.4 is 5.32 Å². The first-order valence-corrected chi connectivity index (χ1v) is 5.77. The molecular weight excluding hydrogens is 234 g/mol. The van der Waals surface area contributed by atoms with Gasteiger partial charge >= 0.3 is 5.97 Å². The molecule has 0 aliphatic heterocycles. The van der Waals surface area contributed by atoms with Crippen molar-refractivity contribution in [1.29, 1.82) is 0 Å². The predicted octanol–water partition coefficient (Wildman–Crippen LogP) is 1.54. The minimum absolute atomic E-state index is 0.0442. The first-order chi connectivity index (χ1) is 8.54. The van der Waals surface area contributed by atoms with Crippen LogP contribution in [0.5, 0.6) is 0 Å². The maximum absolute atomic E-state index is 11.7. The molecule has 2 N–H and O–H groups in total. The van der Waals surface area contributed by atoms with Crippen LogP contribution in [-0.4, -0.2) is 36.2 Å². The van der Waals surface area contributed by atoms with Gasteiger partial charge in [0, 0.05) is 18.7 Å². The normalized spacial score (nSPS) is 11.9. The second kappa shape index (κ2) is 6.76. The van der Waals surface area contributed by atoms with Crippen molar-refractivity contribution in [3.63, 3.8) is 0 Å². The Morgan fingerprint density at radius 1 is 1.28 bits per heavy atom. The van der Waals surface area contributed by atoms with Gasteiger partial charge in [-0.25, -0.2) is 4.79 Å². The summed E-state index contributed by atoms with van der Waals surface area (Å²) >= 11 is 0. The molecule has 0 saturated heterocycles. The van der Waals surface area contributed by atoms with Gasteiger partial charge in [-0.1, -0.05) is 0 Å². The van der Waals surface area contributed by atoms with Crippen LogP contribution in [0, 0.1) is 0 Å². The molecule has 0 radical (unpaired) electrons. The van der Waals surface area contributed by atoms with E-state index in [9.17, 15) is 9.59 Å². The Balaban J connectivity index is 2.54. The topological polar surface area (TPSA) is 75.6 Å². The third-order valence-corrected chi connectivity index (χ3v) is 2.40. The highest BCUT2D eigenvalue weighted by molar-refractivity contribution is 5.95. The molecule has 1 aromatic carbocycles. The number of ether oxygens (including phenoxy) is 1. The summed E-state index contributed by atoms with van der Waals surface area (Å²) in [7, 11) is 0. The van der Waals surface area contributed by atoms with Crippen LogP contribution in [0.4, 0.5) is 0 Å². The summed E-state index contributed by atoms with van der Waals surface area (Å²) < 4.78 is 5.29. The number of rotatable bonds is 6. The molecule has 0 fully saturated rings. The monoisotopic (exact) mass is 251 g/mol. The number of aromatic carboxylic acids is 1. The summed E-state index contributed by atoms with van der Waals surface area (Å²) in [6.45, 7) is 4.79. The Kier molecular flexibility index (Phi) is 5.32. The molecule has 1 unspecified atom stereocenters. The lowest BCUT2D eigenvalue weighted by atomic mass is 10.1. The van der Waals surface area contributed by atoms with Gasteiger partial charge < -0.3 is 15.2 Å². The van der Waals surface area contributed by atoms with E-state index >= 15 is 0 Å². The smallest absolute Gasteiger partial charge is 0.335 e. The number of benzene rings is 1. The number of hydrogen-bond donors (Lipinski definition) is 2. The van der Waals surface area contributed by atoms with E-state index in [1.807, 2.05) is 13.8 Å². The number of amides is 1. The number of carbonyl (C=O) groups is 2. The summed E-state index contributed by atoms with van der Waals surface area (Å²) in [4.78, 5) is 22.4. The first-order valence-electron chi connectivity index (χ1n) is 5.77. The second-order valence-corrected chi connectivity index (χ2v) is 3.86. The molecule has 0 aromatic heterocycles. The van der Waals surface area contributed by atoms with Gasteiger partial charge in [-0.3, -0.25) is 4.79 Å². The number of carboxylic acids is 1. The van der Waals surface area contributed by atoms with Crippen LogP contribution in [0.2, 0.25) is 0 Å². The second-order valence-electron chi connectivity index (χ2n) is 3.86. The van der Waals surface area contributed by atoms with E-state index in [-0.39, 0.29) is 17.6 Å². The molecule has 5 nitrogen and oxygen atoms in total. The third kappa shape index (κ3) is 4.18. The summed E-state index contributed by atoms with van der Waals surface area (Å²) in [6, 6.07) is 5.79. The van der Waals surface area contributed by atoms with Crippen molar-refractivity contribution in [2.45, 2.75) is 20.0 Å². The summed E-state index contributed by atoms with van der Waals surface area (Å²) in [5.41, 5.74) is 0.595. The van der Waals surface area contributed by atoms with Gasteiger partial charge in [0.15, 0.2) is 0 Å². The average molecular weight is 251 g/mol. The highest BCUT2D eigenvalue weighted by Crippen LogP contribution is 2.04. The molecule has 5 heteroatoms. The average Bonchev–Trinajstić information content (AvgIpc) is 2.36. The fourth-order valence-corrected chi connectivity index (χ4v) is 1.45. The van der Waals surface area contributed by atoms with Crippen LogP contribution in [0.15, 0.2) is 24.3 Å². The molecule has 1 aromatic rings. The van der Waals surface area contributed by atoms with E-state index in [1.165, 1.54) is 24.3 Å². The predicted molar refractivity (Wildman–Crippen MR) is 66.8 cm³/mol. The first kappa shape index (κ1) is 14.2. The number of carboxylic acid groups (broad SMARTS) is 1. The lowest BCUT2D eigenvalue weighted by Crippen LogP contribution is -2.32. The van der Waals surface area contributed by atoms with Crippen LogP contribution in [0.3, 0.4) is 0 Å². The molecule has 1 rings (SSSR count). The Morgan fingerprint density at radius 2 is 1.83 bits per heavy atom. The molecule has 0 spiro atoms. The molecule has 98 valence electrons. The minimum atomic E-state index is -1.01. The van der Waals surface area contributed by atoms with E-state index < -0.39 is 5.97 Å². The van der Waals surface area contributed by atoms with Crippen molar-refractivity contribution in [2.24, 2.45) is 0 Å². The molecule has 1 amide bonds. The van der Waals surface area contributed by atoms with Gasteiger partial charge in [-0.15, -0.1) is 0 Å². The number of hydrogen-bond acceptors (Lipinski definition) is 3. The zero-order valence-corrected chi connectivity index (χ0v) is 10.5. The maximum atomic E-state index is 11.7. The summed E-state index contributed by atoms with van der Waals surface area (Å²) in [6.07, 6.45) is -0.0442. The highest BCUT2D eigenvalue weighted by atomic mass is 16.5. The molecule has 18 heavy (non-hydrogen) atoms. The Bertz CT molecular complexity index is 414. The fraction of sp³-hybridized carbons (Fsp3) is 0.385. The Morgan fingerprint density at radius 3 is 2.33 bits per heavy atom. The maximum Gasteiger partial charge on any atom is 0.335 e. The van der Waals surface area contributed by atoms with E-state index in [4.69, 9.17) is 9.84 Å². The molecule has 0 saturated carbocycles. The zero-order chi connectivity index (χ0) is 13.5. The summed E-state index contributed by atoms with van der Waals surface area (Å²) in [5.74, 6) is -1.24. The van der Waals surface area contributed by atoms with Gasteiger partial charge in [0.1, 0.15) is 0 Å². The van der Waals surface area contributed by atoms with Crippen LogP contribution in [-0.2, 0) is 4.74 Å². The summed E-state index contributed by atoms with van der Waals surface area (Å²) in [5, 5.41) is 11.5. The van der Waals surface area contributed by atoms with E-state index in [2.05, 4.69) is 5.32 Å². The van der Waals surface area contributed by atoms with Gasteiger partial charge in [-0.2, -0.15) is 0 Å². The molecule has 1 atom stereocenters. The molecule has 0 aliphatic carbocycles. The quantitative estimate of drug-likeness (QED) is 0.804. The molecule has 0 bridgehead atoms. The van der Waals surface area contributed by atoms with Crippen LogP contribution in [0.1, 0.15) is 34.6 Å². The number of nitrogens with one attached hydrogen (secondary N) is 1. The van der Waals surface area contributed by atoms with E-state index in [1.54, 1.807) is 0 Å². The molecule has 0 aliphatic rings. The van der Waals surface area contributed by atoms with Crippen LogP contribution in [0.25, 0.3) is 0 Å². The number of carbonyl (C=O) groups excluding carboxylic acids is 1. The van der Waals surface area contributed by atoms with Crippen molar-refractivity contribution in [3.8, 4) is 0 Å². The van der Waals surface area contributed by atoms with Gasteiger partial charge in [-0.05, 0) is 38.1 Å². The SMILES string of the molecule is CCOC(C)CNC(=O)c1ccc(C(=O)O)cc1. The van der Waals surface area contributed by atoms with E-state index in [0.717, 1.165) is 0 Å². The third-order valence-electron chi connectivity index (χ3n) is 2.40. The van der Waals surface area contributed by atoms with Crippen molar-refractivity contribution in [3.05, 3.63) is 35.4 Å². The lowest BCUT2D eigenvalue weighted by molar-refractivity contribution is 0.0692. The van der Waals surface area contributed by atoms with Gasteiger partial charge in [0.2, 0.25) is 0 Å². The van der Waals surface area contributed by atoms with Gasteiger partial charge in [0.05, 0.1) is 11.7 Å².